The normalized spacial score (nSPS) is 12.3. The first-order chi connectivity index (χ1) is 10.0. The molecule has 114 valence electrons. The summed E-state index contributed by atoms with van der Waals surface area (Å²) in [5.41, 5.74) is 0.708. The molecule has 4 nitrogen and oxygen atoms in total. The minimum Gasteiger partial charge on any atom is -0.477 e. The Labute approximate surface area is 133 Å². The highest BCUT2D eigenvalue weighted by atomic mass is 32.1. The van der Waals surface area contributed by atoms with Crippen LogP contribution in [-0.2, 0) is 12.8 Å². The van der Waals surface area contributed by atoms with E-state index in [9.17, 15) is 9.90 Å². The molecule has 6 heteroatoms. The Kier molecular flexibility index (Phi) is 5.36. The van der Waals surface area contributed by atoms with Crippen LogP contribution in [0.25, 0.3) is 0 Å². The first kappa shape index (κ1) is 16.0. The first-order valence-corrected chi connectivity index (χ1v) is 8.70. The van der Waals surface area contributed by atoms with E-state index in [1.165, 1.54) is 16.2 Å². The lowest BCUT2D eigenvalue weighted by Gasteiger charge is -2.23. The monoisotopic (exact) mass is 324 g/mol. The van der Waals surface area contributed by atoms with Gasteiger partial charge in [-0.15, -0.1) is 11.3 Å². The van der Waals surface area contributed by atoms with E-state index in [1.54, 1.807) is 11.3 Å². The van der Waals surface area contributed by atoms with E-state index >= 15 is 0 Å². The minimum atomic E-state index is -0.874. The molecule has 2 aromatic rings. The van der Waals surface area contributed by atoms with Crippen LogP contribution in [0.1, 0.15) is 40.5 Å². The number of thiazole rings is 1. The van der Waals surface area contributed by atoms with Crippen LogP contribution in [-0.4, -0.2) is 29.1 Å². The molecule has 0 saturated carbocycles. The number of aromatic nitrogens is 1. The molecule has 0 spiro atoms. The van der Waals surface area contributed by atoms with Crippen molar-refractivity contribution in [3.05, 3.63) is 33.0 Å². The van der Waals surface area contributed by atoms with Gasteiger partial charge < -0.3 is 10.0 Å². The number of aryl methyl sites for hydroxylation is 1. The number of aromatic carboxylic acids is 1. The van der Waals surface area contributed by atoms with Crippen molar-refractivity contribution in [2.75, 3.05) is 11.9 Å². The number of rotatable bonds is 7. The molecule has 0 aliphatic carbocycles. The summed E-state index contributed by atoms with van der Waals surface area (Å²) < 4.78 is 0. The number of carboxylic acids is 1. The quantitative estimate of drug-likeness (QED) is 0.838. The number of carbonyl (C=O) groups is 1. The number of anilines is 1. The van der Waals surface area contributed by atoms with Gasteiger partial charge in [0.2, 0.25) is 0 Å². The Morgan fingerprint density at radius 3 is 2.86 bits per heavy atom. The zero-order valence-electron chi connectivity index (χ0n) is 12.5. The third-order valence-corrected chi connectivity index (χ3v) is 5.48. The van der Waals surface area contributed by atoms with Crippen LogP contribution in [0.15, 0.2) is 17.5 Å². The van der Waals surface area contributed by atoms with Crippen LogP contribution in [0.5, 0.6) is 0 Å². The summed E-state index contributed by atoms with van der Waals surface area (Å²) >= 11 is 3.02. The van der Waals surface area contributed by atoms with Gasteiger partial charge in [0.05, 0.1) is 5.69 Å². The minimum absolute atomic E-state index is 0.283. The molecule has 1 atom stereocenters. The lowest BCUT2D eigenvalue weighted by Crippen LogP contribution is -2.30. The number of thiophene rings is 1. The number of hydrogen-bond acceptors (Lipinski definition) is 5. The smallest absolute Gasteiger partial charge is 0.347 e. The van der Waals surface area contributed by atoms with Gasteiger partial charge in [0, 0.05) is 24.4 Å². The molecule has 21 heavy (non-hydrogen) atoms. The second-order valence-corrected chi connectivity index (χ2v) is 7.08. The second kappa shape index (κ2) is 7.04. The van der Waals surface area contributed by atoms with Gasteiger partial charge in [-0.05, 0) is 24.8 Å². The van der Waals surface area contributed by atoms with Gasteiger partial charge >= 0.3 is 5.97 Å². The third-order valence-electron chi connectivity index (χ3n) is 3.41. The highest BCUT2D eigenvalue weighted by molar-refractivity contribution is 7.17. The van der Waals surface area contributed by atoms with Crippen molar-refractivity contribution >= 4 is 33.8 Å². The van der Waals surface area contributed by atoms with E-state index in [0.29, 0.717) is 17.0 Å². The molecule has 1 unspecified atom stereocenters. The molecule has 0 radical (unpaired) electrons. The van der Waals surface area contributed by atoms with Gasteiger partial charge in [-0.25, -0.2) is 9.78 Å². The summed E-state index contributed by atoms with van der Waals surface area (Å²) in [6.45, 7) is 4.18. The third kappa shape index (κ3) is 3.83. The fourth-order valence-corrected chi connectivity index (χ4v) is 3.95. The summed E-state index contributed by atoms with van der Waals surface area (Å²) in [4.78, 5) is 19.6. The number of carboxylic acid groups (broad SMARTS) is 1. The topological polar surface area (TPSA) is 53.4 Å². The highest BCUT2D eigenvalue weighted by Gasteiger charge is 2.21. The Balaban J connectivity index is 2.16. The molecule has 2 heterocycles. The molecule has 2 rings (SSSR count). The highest BCUT2D eigenvalue weighted by Crippen LogP contribution is 2.28. The maximum atomic E-state index is 11.3. The molecular formula is C15H20N2O2S2. The van der Waals surface area contributed by atoms with Crippen molar-refractivity contribution in [2.45, 2.75) is 39.2 Å². The van der Waals surface area contributed by atoms with Crippen molar-refractivity contribution in [2.24, 2.45) is 0 Å². The summed E-state index contributed by atoms with van der Waals surface area (Å²) in [6, 6.07) is 4.46. The summed E-state index contributed by atoms with van der Waals surface area (Å²) in [5.74, 6) is -0.874. The predicted octanol–water partition coefficient (Wildman–Crippen LogP) is 3.92. The average molecular weight is 324 g/mol. The molecular weight excluding hydrogens is 304 g/mol. The van der Waals surface area contributed by atoms with Crippen molar-refractivity contribution in [1.29, 1.82) is 0 Å². The Morgan fingerprint density at radius 1 is 1.52 bits per heavy atom. The molecule has 0 aliphatic heterocycles. The van der Waals surface area contributed by atoms with Gasteiger partial charge in [-0.3, -0.25) is 0 Å². The van der Waals surface area contributed by atoms with E-state index in [0.717, 1.165) is 18.0 Å². The van der Waals surface area contributed by atoms with E-state index in [2.05, 4.69) is 34.3 Å². The van der Waals surface area contributed by atoms with Crippen LogP contribution in [0.4, 0.5) is 5.13 Å². The van der Waals surface area contributed by atoms with Crippen LogP contribution in [0.2, 0.25) is 0 Å². The van der Waals surface area contributed by atoms with Gasteiger partial charge in [-0.2, -0.15) is 0 Å². The molecule has 0 aromatic carbocycles. The molecule has 0 aliphatic rings. The molecule has 0 fully saturated rings. The summed E-state index contributed by atoms with van der Waals surface area (Å²) in [6.07, 6.45) is 2.56. The zero-order chi connectivity index (χ0) is 15.4. The maximum Gasteiger partial charge on any atom is 0.347 e. The van der Waals surface area contributed by atoms with E-state index in [-0.39, 0.29) is 6.04 Å². The van der Waals surface area contributed by atoms with Crippen LogP contribution >= 0.6 is 22.7 Å². The van der Waals surface area contributed by atoms with Crippen LogP contribution in [0.3, 0.4) is 0 Å². The van der Waals surface area contributed by atoms with E-state index in [4.69, 9.17) is 0 Å². The first-order valence-electron chi connectivity index (χ1n) is 7.01. The van der Waals surface area contributed by atoms with Crippen LogP contribution < -0.4 is 4.90 Å². The van der Waals surface area contributed by atoms with E-state index in [1.807, 2.05) is 14.0 Å². The maximum absolute atomic E-state index is 11.3. The fourth-order valence-electron chi connectivity index (χ4n) is 2.11. The fraction of sp³-hybridized carbons (Fsp3) is 0.467. The second-order valence-electron chi connectivity index (χ2n) is 5.07. The van der Waals surface area contributed by atoms with Crippen molar-refractivity contribution in [3.63, 3.8) is 0 Å². The largest absolute Gasteiger partial charge is 0.477 e. The predicted molar refractivity (Wildman–Crippen MR) is 89.0 cm³/mol. The lowest BCUT2D eigenvalue weighted by molar-refractivity contribution is 0.0700. The Bertz CT molecular complexity index is 593. The molecule has 0 amide bonds. The number of likely N-dealkylation sites (N-methyl/N-ethyl adjacent to an activating group) is 1. The lowest BCUT2D eigenvalue weighted by atomic mass is 10.2. The summed E-state index contributed by atoms with van der Waals surface area (Å²) in [7, 11) is 1.98. The SMILES string of the molecule is CCCc1nc(N(C)C(C)Cc2cccs2)sc1C(=O)O. The van der Waals surface area contributed by atoms with Crippen molar-refractivity contribution < 1.29 is 9.90 Å². The molecule has 2 aromatic heterocycles. The standard InChI is InChI=1S/C15H20N2O2S2/c1-4-6-12-13(14(18)19)21-15(16-12)17(3)10(2)9-11-7-5-8-20-11/h5,7-8,10H,4,6,9H2,1-3H3,(H,18,19). The van der Waals surface area contributed by atoms with E-state index < -0.39 is 5.97 Å². The Hall–Kier alpha value is -1.40. The van der Waals surface area contributed by atoms with Gasteiger partial charge in [0.15, 0.2) is 5.13 Å². The van der Waals surface area contributed by atoms with Gasteiger partial charge in [-0.1, -0.05) is 30.7 Å². The Morgan fingerprint density at radius 2 is 2.29 bits per heavy atom. The summed E-state index contributed by atoms with van der Waals surface area (Å²) in [5, 5.41) is 12.2. The molecule has 1 N–H and O–H groups in total. The van der Waals surface area contributed by atoms with Gasteiger partial charge in [0.1, 0.15) is 4.88 Å². The van der Waals surface area contributed by atoms with Gasteiger partial charge in [0.25, 0.3) is 0 Å². The average Bonchev–Trinajstić information content (AvgIpc) is 3.07. The van der Waals surface area contributed by atoms with Crippen molar-refractivity contribution in [3.8, 4) is 0 Å². The number of nitrogens with zero attached hydrogens (tertiary/aromatic N) is 2. The molecule has 0 saturated heterocycles. The zero-order valence-corrected chi connectivity index (χ0v) is 14.1. The molecule has 0 bridgehead atoms. The van der Waals surface area contributed by atoms with Crippen LogP contribution in [0, 0.1) is 0 Å². The number of hydrogen-bond donors (Lipinski definition) is 1. The van der Waals surface area contributed by atoms with Crippen molar-refractivity contribution in [1.82, 2.24) is 4.98 Å².